The SMILES string of the molecule is CCOCCC(=O)NCC(O)c1c(Cl)cccc1Cl. The molecule has 0 aliphatic rings. The van der Waals surface area contributed by atoms with E-state index < -0.39 is 6.10 Å². The van der Waals surface area contributed by atoms with Crippen LogP contribution in [0.3, 0.4) is 0 Å². The highest BCUT2D eigenvalue weighted by atomic mass is 35.5. The van der Waals surface area contributed by atoms with Crippen molar-refractivity contribution in [2.45, 2.75) is 19.4 Å². The summed E-state index contributed by atoms with van der Waals surface area (Å²) < 4.78 is 5.07. The number of aliphatic hydroxyl groups is 1. The van der Waals surface area contributed by atoms with Crippen LogP contribution in [0.4, 0.5) is 0 Å². The van der Waals surface area contributed by atoms with Crippen LogP contribution in [0.5, 0.6) is 0 Å². The molecule has 1 rings (SSSR count). The Balaban J connectivity index is 2.47. The molecule has 1 unspecified atom stereocenters. The fourth-order valence-electron chi connectivity index (χ4n) is 1.54. The maximum Gasteiger partial charge on any atom is 0.222 e. The Morgan fingerprint density at radius 2 is 2.05 bits per heavy atom. The first-order valence-corrected chi connectivity index (χ1v) is 6.78. The number of hydrogen-bond acceptors (Lipinski definition) is 3. The smallest absolute Gasteiger partial charge is 0.222 e. The van der Waals surface area contributed by atoms with Crippen molar-refractivity contribution < 1.29 is 14.6 Å². The lowest BCUT2D eigenvalue weighted by Gasteiger charge is -2.15. The zero-order chi connectivity index (χ0) is 14.3. The molecule has 2 N–H and O–H groups in total. The molecule has 1 aromatic carbocycles. The first-order chi connectivity index (χ1) is 9.06. The lowest BCUT2D eigenvalue weighted by atomic mass is 10.1. The summed E-state index contributed by atoms with van der Waals surface area (Å²) in [5.74, 6) is -0.185. The second kappa shape index (κ2) is 8.38. The van der Waals surface area contributed by atoms with Crippen molar-refractivity contribution in [3.63, 3.8) is 0 Å². The second-order valence-electron chi connectivity index (χ2n) is 3.90. The van der Waals surface area contributed by atoms with Gasteiger partial charge in [-0.1, -0.05) is 29.3 Å². The molecule has 0 aliphatic carbocycles. The van der Waals surface area contributed by atoms with Crippen LogP contribution < -0.4 is 5.32 Å². The summed E-state index contributed by atoms with van der Waals surface area (Å²) in [5.41, 5.74) is 0.427. The van der Waals surface area contributed by atoms with E-state index in [0.717, 1.165) is 0 Å². The zero-order valence-electron chi connectivity index (χ0n) is 10.7. The molecule has 1 amide bonds. The van der Waals surface area contributed by atoms with Gasteiger partial charge in [-0.2, -0.15) is 0 Å². The summed E-state index contributed by atoms with van der Waals surface area (Å²) in [6.45, 7) is 2.87. The predicted molar refractivity (Wildman–Crippen MR) is 75.5 cm³/mol. The third-order valence-electron chi connectivity index (χ3n) is 2.50. The summed E-state index contributed by atoms with van der Waals surface area (Å²) in [6, 6.07) is 4.98. The number of ether oxygens (including phenoxy) is 1. The summed E-state index contributed by atoms with van der Waals surface area (Å²) >= 11 is 11.9. The fourth-order valence-corrected chi connectivity index (χ4v) is 2.19. The highest BCUT2D eigenvalue weighted by Gasteiger charge is 2.16. The first kappa shape index (κ1) is 16.2. The van der Waals surface area contributed by atoms with E-state index in [4.69, 9.17) is 27.9 Å². The van der Waals surface area contributed by atoms with Gasteiger partial charge in [-0.25, -0.2) is 0 Å². The largest absolute Gasteiger partial charge is 0.386 e. The minimum Gasteiger partial charge on any atom is -0.386 e. The van der Waals surface area contributed by atoms with Crippen LogP contribution in [0.1, 0.15) is 25.0 Å². The molecule has 0 bridgehead atoms. The molecule has 19 heavy (non-hydrogen) atoms. The van der Waals surface area contributed by atoms with E-state index >= 15 is 0 Å². The molecule has 0 aliphatic heterocycles. The Labute approximate surface area is 122 Å². The number of hydrogen-bond donors (Lipinski definition) is 2. The quantitative estimate of drug-likeness (QED) is 0.761. The van der Waals surface area contributed by atoms with Crippen molar-refractivity contribution in [1.29, 1.82) is 0 Å². The van der Waals surface area contributed by atoms with Gasteiger partial charge < -0.3 is 15.2 Å². The van der Waals surface area contributed by atoms with Gasteiger partial charge in [0.25, 0.3) is 0 Å². The van der Waals surface area contributed by atoms with Gasteiger partial charge in [0.15, 0.2) is 0 Å². The van der Waals surface area contributed by atoms with Crippen molar-refractivity contribution in [2.75, 3.05) is 19.8 Å². The maximum absolute atomic E-state index is 11.5. The van der Waals surface area contributed by atoms with Gasteiger partial charge >= 0.3 is 0 Å². The average Bonchev–Trinajstić information content (AvgIpc) is 2.36. The van der Waals surface area contributed by atoms with Crippen molar-refractivity contribution >= 4 is 29.1 Å². The molecule has 106 valence electrons. The summed E-state index contributed by atoms with van der Waals surface area (Å²) in [5, 5.41) is 13.4. The molecule has 0 aromatic heterocycles. The molecule has 0 saturated heterocycles. The number of aliphatic hydroxyl groups excluding tert-OH is 1. The van der Waals surface area contributed by atoms with Crippen LogP contribution in [0.15, 0.2) is 18.2 Å². The lowest BCUT2D eigenvalue weighted by Crippen LogP contribution is -2.29. The Kier molecular flexibility index (Phi) is 7.16. The normalized spacial score (nSPS) is 12.2. The Bertz CT molecular complexity index is 406. The van der Waals surface area contributed by atoms with Crippen molar-refractivity contribution in [2.24, 2.45) is 0 Å². The molecule has 6 heteroatoms. The number of nitrogens with one attached hydrogen (secondary N) is 1. The molecule has 1 atom stereocenters. The third-order valence-corrected chi connectivity index (χ3v) is 3.16. The topological polar surface area (TPSA) is 58.6 Å². The van der Waals surface area contributed by atoms with Gasteiger partial charge in [0.05, 0.1) is 12.7 Å². The average molecular weight is 306 g/mol. The Hall–Kier alpha value is -0.810. The standard InChI is InChI=1S/C13H17Cl2NO3/c1-2-19-7-6-12(18)16-8-11(17)13-9(14)4-3-5-10(13)15/h3-5,11,17H,2,6-8H2,1H3,(H,16,18). The van der Waals surface area contributed by atoms with Crippen LogP contribution in [-0.2, 0) is 9.53 Å². The number of rotatable bonds is 7. The highest BCUT2D eigenvalue weighted by Crippen LogP contribution is 2.29. The minimum absolute atomic E-state index is 0.0639. The van der Waals surface area contributed by atoms with Crippen molar-refractivity contribution in [3.05, 3.63) is 33.8 Å². The van der Waals surface area contributed by atoms with Crippen LogP contribution in [-0.4, -0.2) is 30.8 Å². The lowest BCUT2D eigenvalue weighted by molar-refractivity contribution is -0.122. The number of amides is 1. The molecular weight excluding hydrogens is 289 g/mol. The van der Waals surface area contributed by atoms with Gasteiger partial charge in [0, 0.05) is 35.2 Å². The van der Waals surface area contributed by atoms with Crippen LogP contribution in [0.25, 0.3) is 0 Å². The molecule has 1 aromatic rings. The minimum atomic E-state index is -0.933. The molecule has 0 radical (unpaired) electrons. The predicted octanol–water partition coefficient (Wildman–Crippen LogP) is 2.57. The first-order valence-electron chi connectivity index (χ1n) is 6.02. The number of carbonyl (C=O) groups is 1. The van der Waals surface area contributed by atoms with E-state index in [1.165, 1.54) is 0 Å². The van der Waals surface area contributed by atoms with E-state index in [1.54, 1.807) is 18.2 Å². The number of benzene rings is 1. The fraction of sp³-hybridized carbons (Fsp3) is 0.462. The van der Waals surface area contributed by atoms with E-state index in [-0.39, 0.29) is 18.9 Å². The maximum atomic E-state index is 11.5. The van der Waals surface area contributed by atoms with Crippen molar-refractivity contribution in [3.8, 4) is 0 Å². The third kappa shape index (κ3) is 5.37. The Morgan fingerprint density at radius 3 is 2.63 bits per heavy atom. The van der Waals surface area contributed by atoms with E-state index in [0.29, 0.717) is 28.8 Å². The van der Waals surface area contributed by atoms with Gasteiger partial charge in [-0.3, -0.25) is 4.79 Å². The van der Waals surface area contributed by atoms with Crippen LogP contribution >= 0.6 is 23.2 Å². The van der Waals surface area contributed by atoms with Gasteiger partial charge in [0.2, 0.25) is 5.91 Å². The monoisotopic (exact) mass is 305 g/mol. The second-order valence-corrected chi connectivity index (χ2v) is 4.72. The van der Waals surface area contributed by atoms with Gasteiger partial charge in [-0.15, -0.1) is 0 Å². The van der Waals surface area contributed by atoms with Crippen LogP contribution in [0, 0.1) is 0 Å². The van der Waals surface area contributed by atoms with E-state index in [1.807, 2.05) is 6.92 Å². The molecule has 0 heterocycles. The summed E-state index contributed by atoms with van der Waals surface area (Å²) in [7, 11) is 0. The summed E-state index contributed by atoms with van der Waals surface area (Å²) in [6.07, 6.45) is -0.672. The van der Waals surface area contributed by atoms with Crippen molar-refractivity contribution in [1.82, 2.24) is 5.32 Å². The number of carbonyl (C=O) groups excluding carboxylic acids is 1. The molecule has 0 spiro atoms. The molecule has 0 saturated carbocycles. The molecule has 4 nitrogen and oxygen atoms in total. The highest BCUT2D eigenvalue weighted by molar-refractivity contribution is 6.36. The summed E-state index contributed by atoms with van der Waals surface area (Å²) in [4.78, 5) is 11.5. The van der Waals surface area contributed by atoms with Crippen LogP contribution in [0.2, 0.25) is 10.0 Å². The number of halogens is 2. The molecular formula is C13H17Cl2NO3. The van der Waals surface area contributed by atoms with Gasteiger partial charge in [0.1, 0.15) is 0 Å². The Morgan fingerprint density at radius 1 is 1.42 bits per heavy atom. The van der Waals surface area contributed by atoms with Gasteiger partial charge in [-0.05, 0) is 19.1 Å². The zero-order valence-corrected chi connectivity index (χ0v) is 12.2. The molecule has 0 fully saturated rings. The van der Waals surface area contributed by atoms with E-state index in [2.05, 4.69) is 5.32 Å². The van der Waals surface area contributed by atoms with E-state index in [9.17, 15) is 9.90 Å².